The number of rotatable bonds is 2. The molecule has 1 aromatic heterocycles. The lowest BCUT2D eigenvalue weighted by Gasteiger charge is -2.26. The van der Waals surface area contributed by atoms with Crippen molar-refractivity contribution >= 4 is 52.8 Å². The second kappa shape index (κ2) is 6.14. The van der Waals surface area contributed by atoms with Crippen LogP contribution in [0.3, 0.4) is 0 Å². The van der Waals surface area contributed by atoms with Crippen LogP contribution >= 0.6 is 23.2 Å². The number of benzene rings is 1. The summed E-state index contributed by atoms with van der Waals surface area (Å²) in [5.41, 5.74) is 0.719. The lowest BCUT2D eigenvalue weighted by atomic mass is 10.1. The van der Waals surface area contributed by atoms with Gasteiger partial charge in [0.1, 0.15) is 5.57 Å². The average Bonchev–Trinajstić information content (AvgIpc) is 2.92. The van der Waals surface area contributed by atoms with Crippen molar-refractivity contribution in [3.63, 3.8) is 0 Å². The van der Waals surface area contributed by atoms with E-state index in [0.29, 0.717) is 10.7 Å². The molecule has 3 rings (SSSR count). The molecular weight excluding hydrogens is 353 g/mol. The van der Waals surface area contributed by atoms with Crippen molar-refractivity contribution in [1.82, 2.24) is 9.88 Å². The number of hydrogen-bond acceptors (Lipinski definition) is 3. The molecule has 1 N–H and O–H groups in total. The van der Waals surface area contributed by atoms with Crippen molar-refractivity contribution in [2.45, 2.75) is 0 Å². The van der Waals surface area contributed by atoms with Gasteiger partial charge >= 0.3 is 6.03 Å². The minimum absolute atomic E-state index is 0.150. The number of nitrogens with zero attached hydrogens (tertiary/aromatic N) is 2. The predicted octanol–water partition coefficient (Wildman–Crippen LogP) is 3.00. The molecule has 8 heteroatoms. The second-order valence-corrected chi connectivity index (χ2v) is 5.91. The fraction of sp³-hybridized carbons (Fsp3) is 0.0625. The molecule has 1 aliphatic rings. The summed E-state index contributed by atoms with van der Waals surface area (Å²) in [6, 6.07) is 7.01. The van der Waals surface area contributed by atoms with E-state index in [1.54, 1.807) is 29.9 Å². The zero-order valence-corrected chi connectivity index (χ0v) is 13.9. The monoisotopic (exact) mass is 363 g/mol. The number of carbonyl (C=O) groups excluding carboxylic acids is 3. The molecule has 0 radical (unpaired) electrons. The minimum Gasteiger partial charge on any atom is -0.351 e. The van der Waals surface area contributed by atoms with Gasteiger partial charge in [0.15, 0.2) is 0 Å². The second-order valence-electron chi connectivity index (χ2n) is 5.10. The molecule has 0 unspecified atom stereocenters. The van der Waals surface area contributed by atoms with Gasteiger partial charge in [0.2, 0.25) is 0 Å². The first-order valence-electron chi connectivity index (χ1n) is 6.86. The molecule has 0 bridgehead atoms. The number of aryl methyl sites for hydroxylation is 1. The van der Waals surface area contributed by atoms with Crippen molar-refractivity contribution < 1.29 is 14.4 Å². The molecule has 4 amide bonds. The van der Waals surface area contributed by atoms with Crippen LogP contribution < -0.4 is 10.2 Å². The Morgan fingerprint density at radius 1 is 1.08 bits per heavy atom. The minimum atomic E-state index is -0.840. The summed E-state index contributed by atoms with van der Waals surface area (Å²) < 4.78 is 1.74. The Bertz CT molecular complexity index is 902. The Kier molecular flexibility index (Phi) is 4.17. The van der Waals surface area contributed by atoms with Crippen LogP contribution in [0.5, 0.6) is 0 Å². The third-order valence-electron chi connectivity index (χ3n) is 3.54. The number of halogens is 2. The van der Waals surface area contributed by atoms with Gasteiger partial charge in [-0.15, -0.1) is 0 Å². The molecule has 24 heavy (non-hydrogen) atoms. The molecule has 1 aliphatic heterocycles. The van der Waals surface area contributed by atoms with E-state index >= 15 is 0 Å². The number of nitrogens with one attached hydrogen (secondary N) is 1. The lowest BCUT2D eigenvalue weighted by Crippen LogP contribution is -2.54. The molecule has 1 fully saturated rings. The molecule has 0 spiro atoms. The highest BCUT2D eigenvalue weighted by Gasteiger charge is 2.37. The van der Waals surface area contributed by atoms with Gasteiger partial charge < -0.3 is 4.57 Å². The van der Waals surface area contributed by atoms with E-state index in [2.05, 4.69) is 5.32 Å². The molecule has 0 aliphatic carbocycles. The van der Waals surface area contributed by atoms with Gasteiger partial charge in [-0.2, -0.15) is 0 Å². The third kappa shape index (κ3) is 2.81. The SMILES string of the molecule is Cn1cccc1/C=C1\C(=O)NC(=O)N(c2ccc(Cl)c(Cl)c2)C1=O. The Labute approximate surface area is 147 Å². The molecule has 122 valence electrons. The van der Waals surface area contributed by atoms with E-state index in [1.807, 2.05) is 0 Å². The normalized spacial score (nSPS) is 16.7. The van der Waals surface area contributed by atoms with Crippen LogP contribution in [-0.4, -0.2) is 22.4 Å². The maximum atomic E-state index is 12.7. The fourth-order valence-corrected chi connectivity index (χ4v) is 2.58. The molecule has 2 aromatic rings. The quantitative estimate of drug-likeness (QED) is 0.658. The maximum absolute atomic E-state index is 12.7. The van der Waals surface area contributed by atoms with Gasteiger partial charge in [-0.25, -0.2) is 9.69 Å². The Balaban J connectivity index is 2.04. The lowest BCUT2D eigenvalue weighted by molar-refractivity contribution is -0.122. The number of amides is 4. The summed E-state index contributed by atoms with van der Waals surface area (Å²) in [6.45, 7) is 0. The number of imide groups is 2. The smallest absolute Gasteiger partial charge is 0.335 e. The summed E-state index contributed by atoms with van der Waals surface area (Å²) in [4.78, 5) is 37.7. The number of anilines is 1. The standard InChI is InChI=1S/C16H11Cl2N3O3/c1-20-6-2-3-9(20)7-11-14(22)19-16(24)21(15(11)23)10-4-5-12(17)13(18)8-10/h2-8H,1H3,(H,19,22,24)/b11-7+. The van der Waals surface area contributed by atoms with Crippen LogP contribution in [0.15, 0.2) is 42.1 Å². The van der Waals surface area contributed by atoms with Gasteiger partial charge in [-0.1, -0.05) is 23.2 Å². The molecule has 1 saturated heterocycles. The van der Waals surface area contributed by atoms with Crippen LogP contribution in [0.4, 0.5) is 10.5 Å². The highest BCUT2D eigenvalue weighted by atomic mass is 35.5. The van der Waals surface area contributed by atoms with Crippen LogP contribution in [0, 0.1) is 0 Å². The van der Waals surface area contributed by atoms with Crippen LogP contribution in [0.25, 0.3) is 6.08 Å². The first-order chi connectivity index (χ1) is 11.4. The topological polar surface area (TPSA) is 71.4 Å². The van der Waals surface area contributed by atoms with Gasteiger partial charge in [-0.05, 0) is 36.4 Å². The van der Waals surface area contributed by atoms with Gasteiger partial charge in [0, 0.05) is 18.9 Å². The molecule has 0 atom stereocenters. The third-order valence-corrected chi connectivity index (χ3v) is 4.28. The van der Waals surface area contributed by atoms with Crippen LogP contribution in [0.2, 0.25) is 10.0 Å². The summed E-state index contributed by atoms with van der Waals surface area (Å²) in [5.74, 6) is -1.48. The molecule has 1 aromatic carbocycles. The predicted molar refractivity (Wildman–Crippen MR) is 90.9 cm³/mol. The summed E-state index contributed by atoms with van der Waals surface area (Å²) >= 11 is 11.8. The Morgan fingerprint density at radius 2 is 1.83 bits per heavy atom. The Morgan fingerprint density at radius 3 is 2.46 bits per heavy atom. The maximum Gasteiger partial charge on any atom is 0.335 e. The molecular formula is C16H11Cl2N3O3. The fourth-order valence-electron chi connectivity index (χ4n) is 2.29. The zero-order valence-electron chi connectivity index (χ0n) is 12.4. The Hall–Kier alpha value is -2.57. The summed E-state index contributed by atoms with van der Waals surface area (Å²) in [6.07, 6.45) is 3.20. The van der Waals surface area contributed by atoms with Crippen molar-refractivity contribution in [2.75, 3.05) is 4.90 Å². The van der Waals surface area contributed by atoms with E-state index in [-0.39, 0.29) is 16.3 Å². The number of aromatic nitrogens is 1. The highest BCUT2D eigenvalue weighted by molar-refractivity contribution is 6.43. The van der Waals surface area contributed by atoms with Gasteiger partial charge in [0.05, 0.1) is 15.7 Å². The number of barbiturate groups is 1. The number of carbonyl (C=O) groups is 3. The van der Waals surface area contributed by atoms with E-state index in [4.69, 9.17) is 23.2 Å². The molecule has 0 saturated carbocycles. The number of hydrogen-bond donors (Lipinski definition) is 1. The van der Waals surface area contributed by atoms with Gasteiger partial charge in [0.25, 0.3) is 11.8 Å². The largest absolute Gasteiger partial charge is 0.351 e. The first-order valence-corrected chi connectivity index (χ1v) is 7.62. The first kappa shape index (κ1) is 16.3. The number of urea groups is 1. The van der Waals surface area contributed by atoms with Crippen molar-refractivity contribution in [2.24, 2.45) is 7.05 Å². The van der Waals surface area contributed by atoms with Gasteiger partial charge in [-0.3, -0.25) is 14.9 Å². The van der Waals surface area contributed by atoms with Crippen molar-refractivity contribution in [3.8, 4) is 0 Å². The van der Waals surface area contributed by atoms with Crippen molar-refractivity contribution in [3.05, 3.63) is 57.8 Å². The van der Waals surface area contributed by atoms with Crippen LogP contribution in [0.1, 0.15) is 5.69 Å². The van der Waals surface area contributed by atoms with E-state index in [1.165, 1.54) is 24.3 Å². The summed E-state index contributed by atoms with van der Waals surface area (Å²) in [7, 11) is 1.78. The van der Waals surface area contributed by atoms with E-state index in [9.17, 15) is 14.4 Å². The highest BCUT2D eigenvalue weighted by Crippen LogP contribution is 2.29. The average molecular weight is 364 g/mol. The van der Waals surface area contributed by atoms with Crippen LogP contribution in [-0.2, 0) is 16.6 Å². The summed E-state index contributed by atoms with van der Waals surface area (Å²) in [5, 5.41) is 2.63. The molecule has 2 heterocycles. The van der Waals surface area contributed by atoms with E-state index < -0.39 is 17.8 Å². The van der Waals surface area contributed by atoms with Crippen molar-refractivity contribution in [1.29, 1.82) is 0 Å². The van der Waals surface area contributed by atoms with E-state index in [0.717, 1.165) is 4.90 Å². The zero-order chi connectivity index (χ0) is 17.4. The molecule has 6 nitrogen and oxygen atoms in total.